The number of phenols is 1. The van der Waals surface area contributed by atoms with E-state index in [-0.39, 0.29) is 17.1 Å². The maximum absolute atomic E-state index is 13.2. The van der Waals surface area contributed by atoms with Crippen molar-refractivity contribution in [2.24, 2.45) is 0 Å². The van der Waals surface area contributed by atoms with E-state index < -0.39 is 5.92 Å². The number of carbonyl (C=O) groups is 1. The van der Waals surface area contributed by atoms with Gasteiger partial charge >= 0.3 is 0 Å². The third kappa shape index (κ3) is 1.81. The van der Waals surface area contributed by atoms with E-state index in [0.29, 0.717) is 33.8 Å². The molecule has 3 aromatic rings. The predicted octanol–water partition coefficient (Wildman–Crippen LogP) is 2.88. The van der Waals surface area contributed by atoms with E-state index in [1.807, 2.05) is 31.2 Å². The Labute approximate surface area is 148 Å². The number of aromatic nitrogens is 2. The van der Waals surface area contributed by atoms with E-state index >= 15 is 0 Å². The molecule has 0 saturated carbocycles. The Kier molecular flexibility index (Phi) is 2.83. The smallest absolute Gasteiger partial charge is 0.270 e. The lowest BCUT2D eigenvalue weighted by atomic mass is 9.81. The van der Waals surface area contributed by atoms with Gasteiger partial charge in [-0.15, -0.1) is 0 Å². The van der Waals surface area contributed by atoms with Crippen LogP contribution in [0, 0.1) is 6.92 Å². The molecule has 0 bridgehead atoms. The summed E-state index contributed by atoms with van der Waals surface area (Å²) in [5, 5.41) is 19.1. The van der Waals surface area contributed by atoms with Crippen LogP contribution in [-0.2, 0) is 0 Å². The topological polar surface area (TPSA) is 98.0 Å². The van der Waals surface area contributed by atoms with Crippen molar-refractivity contribution >= 4 is 17.3 Å². The molecule has 1 aliphatic heterocycles. The molecule has 6 nitrogen and oxygen atoms in total. The zero-order valence-electron chi connectivity index (χ0n) is 13.9. The molecule has 2 aliphatic rings. The molecule has 0 radical (unpaired) electrons. The fraction of sp³-hybridized carbons (Fsp3) is 0.100. The zero-order chi connectivity index (χ0) is 18.0. The third-order valence-corrected chi connectivity index (χ3v) is 5.09. The van der Waals surface area contributed by atoms with Gasteiger partial charge < -0.3 is 10.4 Å². The van der Waals surface area contributed by atoms with Gasteiger partial charge in [0.05, 0.1) is 17.2 Å². The maximum Gasteiger partial charge on any atom is 0.270 e. The van der Waals surface area contributed by atoms with Gasteiger partial charge in [-0.25, -0.2) is 0 Å². The van der Waals surface area contributed by atoms with E-state index in [2.05, 4.69) is 15.5 Å². The van der Waals surface area contributed by atoms with Gasteiger partial charge in [-0.1, -0.05) is 42.0 Å². The number of hydrogen-bond donors (Lipinski definition) is 4. The number of fused-ring (bicyclic) bond motifs is 3. The van der Waals surface area contributed by atoms with Crippen LogP contribution in [0.25, 0.3) is 5.70 Å². The standard InChI is InChI=1S/C20H15N3O3/c1-9-6-7-13(24)12(8-9)14-15-17(21-19-16(14)20(26)23-22-19)10-4-2-3-5-11(10)18(15)25/h2-8,14,24H,1H3,(H3,21,22,23,26)/t14-/m0/s1. The minimum Gasteiger partial charge on any atom is -0.508 e. The second-order valence-electron chi connectivity index (χ2n) is 6.65. The van der Waals surface area contributed by atoms with Gasteiger partial charge in [0.15, 0.2) is 5.78 Å². The predicted molar refractivity (Wildman–Crippen MR) is 97.4 cm³/mol. The quantitative estimate of drug-likeness (QED) is 0.545. The Morgan fingerprint density at radius 2 is 1.77 bits per heavy atom. The monoisotopic (exact) mass is 345 g/mol. The highest BCUT2D eigenvalue weighted by Gasteiger charge is 2.42. The molecule has 1 aromatic heterocycles. The number of rotatable bonds is 1. The molecule has 0 unspecified atom stereocenters. The normalized spacial score (nSPS) is 17.6. The Hall–Kier alpha value is -3.54. The minimum atomic E-state index is -0.643. The van der Waals surface area contributed by atoms with Gasteiger partial charge in [-0.05, 0) is 13.0 Å². The van der Waals surface area contributed by atoms with Crippen LogP contribution in [0.5, 0.6) is 5.75 Å². The molecular formula is C20H15N3O3. The van der Waals surface area contributed by atoms with Gasteiger partial charge in [-0.2, -0.15) is 0 Å². The van der Waals surface area contributed by atoms with Crippen LogP contribution in [0.4, 0.5) is 5.82 Å². The highest BCUT2D eigenvalue weighted by Crippen LogP contribution is 2.49. The third-order valence-electron chi connectivity index (χ3n) is 5.09. The number of benzene rings is 2. The maximum atomic E-state index is 13.2. The van der Waals surface area contributed by atoms with E-state index in [9.17, 15) is 14.7 Å². The average molecular weight is 345 g/mol. The highest BCUT2D eigenvalue weighted by atomic mass is 16.3. The summed E-state index contributed by atoms with van der Waals surface area (Å²) in [7, 11) is 0. The molecule has 1 aliphatic carbocycles. The van der Waals surface area contributed by atoms with Gasteiger partial charge in [-0.3, -0.25) is 19.8 Å². The van der Waals surface area contributed by atoms with Crippen LogP contribution in [0.15, 0.2) is 52.8 Å². The number of anilines is 1. The van der Waals surface area contributed by atoms with Crippen LogP contribution in [0.1, 0.15) is 38.5 Å². The fourth-order valence-corrected chi connectivity index (χ4v) is 3.94. The van der Waals surface area contributed by atoms with Gasteiger partial charge in [0, 0.05) is 22.3 Å². The lowest BCUT2D eigenvalue weighted by molar-refractivity contribution is 0.103. The molecule has 6 heteroatoms. The summed E-state index contributed by atoms with van der Waals surface area (Å²) in [5.74, 6) is -0.190. The van der Waals surface area contributed by atoms with Gasteiger partial charge in [0.1, 0.15) is 11.6 Å². The number of aromatic amines is 2. The number of carbonyl (C=O) groups excluding carboxylic acids is 1. The fourth-order valence-electron chi connectivity index (χ4n) is 3.94. The number of aromatic hydroxyl groups is 1. The number of allylic oxidation sites excluding steroid dienone is 1. The lowest BCUT2D eigenvalue weighted by Crippen LogP contribution is -2.23. The van der Waals surface area contributed by atoms with E-state index in [0.717, 1.165) is 11.1 Å². The van der Waals surface area contributed by atoms with Crippen molar-refractivity contribution in [1.29, 1.82) is 0 Å². The van der Waals surface area contributed by atoms with E-state index in [1.54, 1.807) is 18.2 Å². The summed E-state index contributed by atoms with van der Waals surface area (Å²) < 4.78 is 0. The van der Waals surface area contributed by atoms with Crippen molar-refractivity contribution in [2.75, 3.05) is 5.32 Å². The lowest BCUT2D eigenvalue weighted by Gasteiger charge is -2.25. The average Bonchev–Trinajstić information content (AvgIpc) is 3.15. The second kappa shape index (κ2) is 4.98. The Bertz CT molecular complexity index is 1180. The van der Waals surface area contributed by atoms with Crippen LogP contribution in [-0.4, -0.2) is 21.1 Å². The molecule has 128 valence electrons. The molecule has 0 amide bonds. The van der Waals surface area contributed by atoms with Crippen molar-refractivity contribution in [3.63, 3.8) is 0 Å². The molecule has 2 heterocycles. The Balaban J connectivity index is 1.84. The van der Waals surface area contributed by atoms with E-state index in [4.69, 9.17) is 0 Å². The number of phenolic OH excluding ortho intramolecular Hbond substituents is 1. The summed E-state index contributed by atoms with van der Waals surface area (Å²) in [5.41, 5.74) is 4.16. The first-order valence-electron chi connectivity index (χ1n) is 8.31. The first-order chi connectivity index (χ1) is 12.6. The summed E-state index contributed by atoms with van der Waals surface area (Å²) >= 11 is 0. The van der Waals surface area contributed by atoms with Gasteiger partial charge in [0.25, 0.3) is 5.56 Å². The largest absolute Gasteiger partial charge is 0.508 e. The summed E-state index contributed by atoms with van der Waals surface area (Å²) in [6, 6.07) is 12.6. The van der Waals surface area contributed by atoms with Crippen LogP contribution in [0.2, 0.25) is 0 Å². The summed E-state index contributed by atoms with van der Waals surface area (Å²) in [4.78, 5) is 25.6. The van der Waals surface area contributed by atoms with Crippen molar-refractivity contribution in [1.82, 2.24) is 10.2 Å². The van der Waals surface area contributed by atoms with Crippen molar-refractivity contribution < 1.29 is 9.90 Å². The SMILES string of the molecule is Cc1ccc(O)c([C@H]2C3=C(Nc4[nH][nH]c(=O)c42)c2ccccc2C3=O)c1. The van der Waals surface area contributed by atoms with Crippen LogP contribution in [0.3, 0.4) is 0 Å². The molecule has 5 rings (SSSR count). The highest BCUT2D eigenvalue weighted by molar-refractivity contribution is 6.23. The first kappa shape index (κ1) is 14.8. The molecular weight excluding hydrogens is 330 g/mol. The van der Waals surface area contributed by atoms with Crippen LogP contribution < -0.4 is 10.9 Å². The number of Topliss-reactive ketones (excluding diaryl/α,β-unsaturated/α-hetero) is 1. The molecule has 0 saturated heterocycles. The number of aryl methyl sites for hydroxylation is 1. The van der Waals surface area contributed by atoms with Crippen molar-refractivity contribution in [3.8, 4) is 5.75 Å². The zero-order valence-corrected chi connectivity index (χ0v) is 13.9. The Morgan fingerprint density at radius 3 is 2.58 bits per heavy atom. The van der Waals surface area contributed by atoms with Crippen molar-refractivity contribution in [3.05, 3.63) is 86.2 Å². The molecule has 2 aromatic carbocycles. The number of ketones is 1. The van der Waals surface area contributed by atoms with Crippen LogP contribution >= 0.6 is 0 Å². The Morgan fingerprint density at radius 1 is 1.00 bits per heavy atom. The molecule has 0 spiro atoms. The van der Waals surface area contributed by atoms with Crippen molar-refractivity contribution in [2.45, 2.75) is 12.8 Å². The minimum absolute atomic E-state index is 0.0599. The first-order valence-corrected chi connectivity index (χ1v) is 8.31. The number of nitrogens with one attached hydrogen (secondary N) is 3. The second-order valence-corrected chi connectivity index (χ2v) is 6.65. The summed E-state index contributed by atoms with van der Waals surface area (Å²) in [6.45, 7) is 1.91. The summed E-state index contributed by atoms with van der Waals surface area (Å²) in [6.07, 6.45) is 0. The molecule has 0 fully saturated rings. The van der Waals surface area contributed by atoms with E-state index in [1.165, 1.54) is 0 Å². The molecule has 1 atom stereocenters. The molecule has 26 heavy (non-hydrogen) atoms. The number of hydrogen-bond acceptors (Lipinski definition) is 4. The molecule has 4 N–H and O–H groups in total. The van der Waals surface area contributed by atoms with Gasteiger partial charge in [0.2, 0.25) is 0 Å². The number of H-pyrrole nitrogens is 2.